The lowest BCUT2D eigenvalue weighted by Gasteiger charge is -2.27. The van der Waals surface area contributed by atoms with Crippen LogP contribution in [0.25, 0.3) is 5.76 Å². The van der Waals surface area contributed by atoms with Gasteiger partial charge in [-0.1, -0.05) is 38.1 Å². The molecule has 3 aromatic rings. The maximum absolute atomic E-state index is 13.5. The summed E-state index contributed by atoms with van der Waals surface area (Å²) in [5.74, 6) is -0.568. The van der Waals surface area contributed by atoms with Crippen molar-refractivity contribution in [1.82, 2.24) is 0 Å². The van der Waals surface area contributed by atoms with E-state index in [2.05, 4.69) is 32.6 Å². The summed E-state index contributed by atoms with van der Waals surface area (Å²) >= 11 is 0. The molecule has 0 saturated carbocycles. The Balaban J connectivity index is 1.85. The predicted octanol–water partition coefficient (Wildman–Crippen LogP) is 6.68. The van der Waals surface area contributed by atoms with Crippen LogP contribution in [0.2, 0.25) is 0 Å². The lowest BCUT2D eigenvalue weighted by molar-refractivity contribution is -0.132. The first-order chi connectivity index (χ1) is 18.3. The van der Waals surface area contributed by atoms with Crippen molar-refractivity contribution >= 4 is 28.8 Å². The van der Waals surface area contributed by atoms with Crippen LogP contribution in [0.4, 0.5) is 11.4 Å². The highest BCUT2D eigenvalue weighted by molar-refractivity contribution is 6.51. The Morgan fingerprint density at radius 1 is 0.895 bits per heavy atom. The van der Waals surface area contributed by atoms with E-state index in [1.807, 2.05) is 55.5 Å². The number of aliphatic hydroxyl groups excluding tert-OH is 1. The highest BCUT2D eigenvalue weighted by Crippen LogP contribution is 2.43. The SMILES string of the molecule is CCOc1ccc(/C(O)=C2/C(=O)C(=O)N(c3ccc(C(C)C)cc3)C2c2ccc(N(CC)CC)cc2)cc1. The van der Waals surface area contributed by atoms with Gasteiger partial charge < -0.3 is 14.7 Å². The summed E-state index contributed by atoms with van der Waals surface area (Å²) in [6.45, 7) is 12.6. The zero-order valence-electron chi connectivity index (χ0n) is 22.8. The summed E-state index contributed by atoms with van der Waals surface area (Å²) in [7, 11) is 0. The second-order valence-electron chi connectivity index (χ2n) is 9.64. The molecule has 1 atom stereocenters. The van der Waals surface area contributed by atoms with E-state index in [1.165, 1.54) is 4.90 Å². The molecule has 0 aliphatic carbocycles. The Morgan fingerprint density at radius 2 is 1.50 bits per heavy atom. The van der Waals surface area contributed by atoms with Crippen molar-refractivity contribution in [3.63, 3.8) is 0 Å². The van der Waals surface area contributed by atoms with Gasteiger partial charge in [0.1, 0.15) is 11.5 Å². The number of rotatable bonds is 9. The molecular formula is C32H36N2O4. The number of nitrogens with zero attached hydrogens (tertiary/aromatic N) is 2. The van der Waals surface area contributed by atoms with Crippen LogP contribution in [0.5, 0.6) is 5.75 Å². The van der Waals surface area contributed by atoms with Crippen molar-refractivity contribution in [1.29, 1.82) is 0 Å². The standard InChI is InChI=1S/C32H36N2O4/c1-6-33(7-2)25-15-11-23(12-16-25)29-28(30(35)24-13-19-27(20-14-24)38-8-3)31(36)32(37)34(29)26-17-9-22(10-18-26)21(4)5/h9-21,29,35H,6-8H2,1-5H3/b30-28-. The smallest absolute Gasteiger partial charge is 0.300 e. The molecule has 0 radical (unpaired) electrons. The number of anilines is 2. The second-order valence-corrected chi connectivity index (χ2v) is 9.64. The molecule has 4 rings (SSSR count). The maximum Gasteiger partial charge on any atom is 0.300 e. The van der Waals surface area contributed by atoms with Crippen LogP contribution in [-0.4, -0.2) is 36.5 Å². The van der Waals surface area contributed by atoms with Crippen LogP contribution in [0.15, 0.2) is 78.4 Å². The fourth-order valence-electron chi connectivity index (χ4n) is 4.92. The van der Waals surface area contributed by atoms with Gasteiger partial charge in [-0.3, -0.25) is 14.5 Å². The van der Waals surface area contributed by atoms with Gasteiger partial charge in [-0.15, -0.1) is 0 Å². The summed E-state index contributed by atoms with van der Waals surface area (Å²) in [6.07, 6.45) is 0. The quantitative estimate of drug-likeness (QED) is 0.197. The van der Waals surface area contributed by atoms with Crippen LogP contribution in [0, 0.1) is 0 Å². The first kappa shape index (κ1) is 27.0. The van der Waals surface area contributed by atoms with Gasteiger partial charge in [0.05, 0.1) is 18.2 Å². The maximum atomic E-state index is 13.5. The third kappa shape index (κ3) is 5.17. The summed E-state index contributed by atoms with van der Waals surface area (Å²) in [5.41, 5.74) is 4.08. The number of hydrogen-bond acceptors (Lipinski definition) is 5. The molecule has 1 aliphatic rings. The van der Waals surface area contributed by atoms with E-state index in [9.17, 15) is 14.7 Å². The molecule has 0 bridgehead atoms. The molecule has 0 aromatic heterocycles. The Labute approximate surface area is 225 Å². The van der Waals surface area contributed by atoms with E-state index >= 15 is 0 Å². The molecule has 38 heavy (non-hydrogen) atoms. The zero-order valence-corrected chi connectivity index (χ0v) is 22.8. The number of benzene rings is 3. The third-order valence-electron chi connectivity index (χ3n) is 7.06. The van der Waals surface area contributed by atoms with Crippen molar-refractivity contribution in [2.75, 3.05) is 29.5 Å². The van der Waals surface area contributed by atoms with Crippen molar-refractivity contribution in [2.45, 2.75) is 46.6 Å². The van der Waals surface area contributed by atoms with E-state index in [1.54, 1.807) is 24.3 Å². The van der Waals surface area contributed by atoms with Gasteiger partial charge >= 0.3 is 0 Å². The van der Waals surface area contributed by atoms with Crippen LogP contribution >= 0.6 is 0 Å². The molecule has 0 spiro atoms. The average molecular weight is 513 g/mol. The van der Waals surface area contributed by atoms with Crippen LogP contribution in [0.3, 0.4) is 0 Å². The van der Waals surface area contributed by atoms with Gasteiger partial charge in [0.25, 0.3) is 11.7 Å². The Hall–Kier alpha value is -4.06. The van der Waals surface area contributed by atoms with Gasteiger partial charge in [-0.2, -0.15) is 0 Å². The molecule has 1 aliphatic heterocycles. The van der Waals surface area contributed by atoms with E-state index < -0.39 is 17.7 Å². The number of Topliss-reactive ketones (excluding diaryl/α,β-unsaturated/α-hetero) is 1. The number of aliphatic hydroxyl groups is 1. The first-order valence-electron chi connectivity index (χ1n) is 13.3. The molecule has 1 saturated heterocycles. The highest BCUT2D eigenvalue weighted by atomic mass is 16.5. The number of ketones is 1. The minimum Gasteiger partial charge on any atom is -0.507 e. The van der Waals surface area contributed by atoms with Gasteiger partial charge in [-0.25, -0.2) is 0 Å². The summed E-state index contributed by atoms with van der Waals surface area (Å²) in [6, 6.07) is 21.7. The molecule has 3 aromatic carbocycles. The number of carbonyl (C=O) groups excluding carboxylic acids is 2. The number of amides is 1. The van der Waals surface area contributed by atoms with Crippen LogP contribution in [0.1, 0.15) is 63.3 Å². The molecule has 6 heteroatoms. The Kier molecular flexibility index (Phi) is 8.20. The molecular weight excluding hydrogens is 476 g/mol. The van der Waals surface area contributed by atoms with E-state index in [0.717, 1.165) is 29.9 Å². The van der Waals surface area contributed by atoms with Crippen molar-refractivity contribution in [3.05, 3.63) is 95.1 Å². The molecule has 1 amide bonds. The summed E-state index contributed by atoms with van der Waals surface area (Å²) in [4.78, 5) is 30.6. The van der Waals surface area contributed by atoms with Crippen molar-refractivity contribution in [2.24, 2.45) is 0 Å². The van der Waals surface area contributed by atoms with E-state index in [0.29, 0.717) is 29.5 Å². The molecule has 6 nitrogen and oxygen atoms in total. The minimum atomic E-state index is -0.766. The second kappa shape index (κ2) is 11.5. The summed E-state index contributed by atoms with van der Waals surface area (Å²) in [5, 5.41) is 11.4. The minimum absolute atomic E-state index is 0.0719. The van der Waals surface area contributed by atoms with Gasteiger partial charge in [0.2, 0.25) is 0 Å². The Morgan fingerprint density at radius 3 is 2.03 bits per heavy atom. The number of ether oxygens (including phenoxy) is 1. The Bertz CT molecular complexity index is 1310. The zero-order chi connectivity index (χ0) is 27.4. The van der Waals surface area contributed by atoms with Gasteiger partial charge in [0.15, 0.2) is 0 Å². The average Bonchev–Trinajstić information content (AvgIpc) is 3.20. The number of carbonyl (C=O) groups is 2. The van der Waals surface area contributed by atoms with Gasteiger partial charge in [-0.05, 0) is 86.3 Å². The van der Waals surface area contributed by atoms with E-state index in [4.69, 9.17) is 4.74 Å². The lowest BCUT2D eigenvalue weighted by Crippen LogP contribution is -2.29. The first-order valence-corrected chi connectivity index (χ1v) is 13.3. The van der Waals surface area contributed by atoms with Crippen LogP contribution in [-0.2, 0) is 9.59 Å². The largest absolute Gasteiger partial charge is 0.507 e. The van der Waals surface area contributed by atoms with E-state index in [-0.39, 0.29) is 11.3 Å². The molecule has 1 N–H and O–H groups in total. The molecule has 1 unspecified atom stereocenters. The fraction of sp³-hybridized carbons (Fsp3) is 0.312. The van der Waals surface area contributed by atoms with Gasteiger partial charge in [0, 0.05) is 30.0 Å². The normalized spacial score (nSPS) is 16.8. The number of hydrogen-bond donors (Lipinski definition) is 1. The fourth-order valence-corrected chi connectivity index (χ4v) is 4.92. The lowest BCUT2D eigenvalue weighted by atomic mass is 9.94. The van der Waals surface area contributed by atoms with Crippen molar-refractivity contribution < 1.29 is 19.4 Å². The monoisotopic (exact) mass is 512 g/mol. The predicted molar refractivity (Wildman–Crippen MR) is 153 cm³/mol. The highest BCUT2D eigenvalue weighted by Gasteiger charge is 2.47. The third-order valence-corrected chi connectivity index (χ3v) is 7.06. The molecule has 198 valence electrons. The van der Waals surface area contributed by atoms with Crippen LogP contribution < -0.4 is 14.5 Å². The molecule has 1 fully saturated rings. The molecule has 1 heterocycles. The van der Waals surface area contributed by atoms with Crippen molar-refractivity contribution in [3.8, 4) is 5.75 Å². The topological polar surface area (TPSA) is 70.1 Å². The summed E-state index contributed by atoms with van der Waals surface area (Å²) < 4.78 is 5.51.